The zero-order valence-corrected chi connectivity index (χ0v) is 18.7. The van der Waals surface area contributed by atoms with Crippen LogP contribution in [0.4, 0.5) is 5.82 Å². The third kappa shape index (κ3) is 4.53. The van der Waals surface area contributed by atoms with Crippen molar-refractivity contribution in [2.75, 3.05) is 12.4 Å². The second kappa shape index (κ2) is 9.09. The Kier molecular flexibility index (Phi) is 6.74. The molecule has 0 aromatic carbocycles. The number of ether oxygens (including phenoxy) is 1. The van der Waals surface area contributed by atoms with E-state index in [4.69, 9.17) is 4.74 Å². The lowest BCUT2D eigenvalue weighted by molar-refractivity contribution is -0.145. The molecule has 3 rings (SSSR count). The quantitative estimate of drug-likeness (QED) is 0.303. The lowest BCUT2D eigenvalue weighted by atomic mass is 9.79. The fourth-order valence-corrected chi connectivity index (χ4v) is 5.18. The lowest BCUT2D eigenvalue weighted by Gasteiger charge is -2.29. The zero-order valence-electron chi connectivity index (χ0n) is 17.0. The topological polar surface area (TPSA) is 84.4 Å². The number of aromatic amines is 1. The molecule has 0 radical (unpaired) electrons. The Bertz CT molecular complexity index is 1010. The van der Waals surface area contributed by atoms with E-state index in [2.05, 4.69) is 35.4 Å². The van der Waals surface area contributed by atoms with E-state index in [9.17, 15) is 9.59 Å². The van der Waals surface area contributed by atoms with E-state index in [-0.39, 0.29) is 12.2 Å². The van der Waals surface area contributed by atoms with Gasteiger partial charge < -0.3 is 9.72 Å². The molecule has 2 atom stereocenters. The molecule has 1 aliphatic rings. The summed E-state index contributed by atoms with van der Waals surface area (Å²) in [6, 6.07) is 1.99. The average molecular weight is 432 g/mol. The average Bonchev–Trinajstić information content (AvgIpc) is 3.08. The third-order valence-electron chi connectivity index (χ3n) is 4.63. The summed E-state index contributed by atoms with van der Waals surface area (Å²) in [7, 11) is 0. The summed E-state index contributed by atoms with van der Waals surface area (Å²) in [5.41, 5.74) is 1.80. The number of esters is 1. The van der Waals surface area contributed by atoms with Crippen LogP contribution in [-0.2, 0) is 9.53 Å². The van der Waals surface area contributed by atoms with Crippen LogP contribution >= 0.6 is 23.1 Å². The predicted molar refractivity (Wildman–Crippen MR) is 119 cm³/mol. The Balaban J connectivity index is 2.13. The van der Waals surface area contributed by atoms with Crippen LogP contribution in [0.5, 0.6) is 0 Å². The van der Waals surface area contributed by atoms with Gasteiger partial charge in [-0.15, -0.1) is 11.3 Å². The highest BCUT2D eigenvalue weighted by molar-refractivity contribution is 7.99. The summed E-state index contributed by atoms with van der Waals surface area (Å²) < 4.78 is 5.34. The number of H-pyrrole nitrogens is 1. The molecule has 8 heteroatoms. The number of aryl methyl sites for hydroxylation is 1. The summed E-state index contributed by atoms with van der Waals surface area (Å²) in [6.45, 7) is 11.7. The van der Waals surface area contributed by atoms with E-state index < -0.39 is 17.8 Å². The number of thiophene rings is 1. The molecule has 154 valence electrons. The van der Waals surface area contributed by atoms with Gasteiger partial charge >= 0.3 is 5.97 Å². The highest BCUT2D eigenvalue weighted by Gasteiger charge is 2.42. The van der Waals surface area contributed by atoms with Crippen molar-refractivity contribution in [1.82, 2.24) is 9.97 Å². The van der Waals surface area contributed by atoms with Crippen LogP contribution in [0.15, 0.2) is 39.0 Å². The Labute approximate surface area is 178 Å². The minimum Gasteiger partial charge on any atom is -0.461 e. The van der Waals surface area contributed by atoms with E-state index in [0.29, 0.717) is 28.2 Å². The lowest BCUT2D eigenvalue weighted by Crippen LogP contribution is -2.36. The number of carbonyl (C=O) groups is 1. The molecule has 0 aliphatic carbocycles. The molecule has 0 bridgehead atoms. The highest BCUT2D eigenvalue weighted by atomic mass is 32.2. The number of nitrogens with one attached hydrogen (secondary N) is 1. The maximum Gasteiger partial charge on any atom is 0.315 e. The van der Waals surface area contributed by atoms with Crippen molar-refractivity contribution in [3.8, 4) is 0 Å². The summed E-state index contributed by atoms with van der Waals surface area (Å²) >= 11 is 3.03. The Morgan fingerprint density at radius 3 is 2.83 bits per heavy atom. The van der Waals surface area contributed by atoms with Gasteiger partial charge in [-0.25, -0.2) is 9.98 Å². The van der Waals surface area contributed by atoms with Crippen molar-refractivity contribution < 1.29 is 9.53 Å². The number of nitrogens with zero attached hydrogens (tertiary/aromatic N) is 2. The van der Waals surface area contributed by atoms with Gasteiger partial charge in [0.15, 0.2) is 11.0 Å². The molecular formula is C21H25N3O3S2. The normalized spacial score (nSPS) is 18.3. The molecule has 0 saturated carbocycles. The van der Waals surface area contributed by atoms with Gasteiger partial charge in [-0.3, -0.25) is 9.59 Å². The number of fused-ring (bicyclic) bond motifs is 1. The number of hydrogen-bond acceptors (Lipinski definition) is 7. The maximum atomic E-state index is 13.1. The molecule has 0 amide bonds. The Hall–Kier alpha value is -2.19. The van der Waals surface area contributed by atoms with Crippen molar-refractivity contribution in [1.29, 1.82) is 0 Å². The number of aromatic nitrogens is 2. The molecule has 1 aliphatic heterocycles. The largest absolute Gasteiger partial charge is 0.461 e. The van der Waals surface area contributed by atoms with Crippen LogP contribution < -0.4 is 5.56 Å². The van der Waals surface area contributed by atoms with Crippen molar-refractivity contribution >= 4 is 40.6 Å². The molecule has 0 fully saturated rings. The first-order valence-electron chi connectivity index (χ1n) is 9.47. The summed E-state index contributed by atoms with van der Waals surface area (Å²) in [5, 5.41) is 2.51. The number of aliphatic imine (C=N–C) groups is 1. The molecule has 3 heterocycles. The van der Waals surface area contributed by atoms with E-state index in [0.717, 1.165) is 16.2 Å². The van der Waals surface area contributed by atoms with Crippen LogP contribution in [0.2, 0.25) is 0 Å². The smallest absolute Gasteiger partial charge is 0.315 e. The van der Waals surface area contributed by atoms with Gasteiger partial charge in [-0.1, -0.05) is 38.3 Å². The first-order chi connectivity index (χ1) is 13.8. The molecular weight excluding hydrogens is 406 g/mol. The molecule has 1 N–H and O–H groups in total. The van der Waals surface area contributed by atoms with Crippen LogP contribution in [-0.4, -0.2) is 34.0 Å². The summed E-state index contributed by atoms with van der Waals surface area (Å²) in [4.78, 5) is 38.9. The maximum absolute atomic E-state index is 13.1. The molecule has 0 spiro atoms. The van der Waals surface area contributed by atoms with E-state index in [1.807, 2.05) is 18.4 Å². The van der Waals surface area contributed by atoms with Crippen molar-refractivity contribution in [2.24, 2.45) is 16.8 Å². The Morgan fingerprint density at radius 1 is 1.45 bits per heavy atom. The standard InChI is InChI=1S/C21H25N3O3S2/c1-6-8-27-20(26)14-13(5)22-18-16(15(14)17-12(4)7-9-28-17)19(25)24-21(23-18)29-10-11(2)3/h6-7,9,11,14-15H,1,8,10H2,2-5H3,(H,23,24,25). The van der Waals surface area contributed by atoms with Gasteiger partial charge in [0.2, 0.25) is 0 Å². The number of thioether (sulfide) groups is 1. The first-order valence-corrected chi connectivity index (χ1v) is 11.3. The second-order valence-electron chi connectivity index (χ2n) is 7.41. The molecule has 2 unspecified atom stereocenters. The number of hydrogen-bond donors (Lipinski definition) is 1. The zero-order chi connectivity index (χ0) is 21.1. The summed E-state index contributed by atoms with van der Waals surface area (Å²) in [6.07, 6.45) is 1.53. The monoisotopic (exact) mass is 431 g/mol. The highest BCUT2D eigenvalue weighted by Crippen LogP contribution is 2.43. The molecule has 2 aromatic heterocycles. The van der Waals surface area contributed by atoms with Gasteiger partial charge in [0.25, 0.3) is 5.56 Å². The minimum atomic E-state index is -0.670. The van der Waals surface area contributed by atoms with Crippen LogP contribution in [0, 0.1) is 18.8 Å². The second-order valence-corrected chi connectivity index (χ2v) is 9.36. The van der Waals surface area contributed by atoms with E-state index in [1.54, 1.807) is 6.92 Å². The van der Waals surface area contributed by atoms with Crippen molar-refractivity contribution in [3.05, 3.63) is 50.5 Å². The predicted octanol–water partition coefficient (Wildman–Crippen LogP) is 4.47. The van der Waals surface area contributed by atoms with Crippen molar-refractivity contribution in [2.45, 2.75) is 38.8 Å². The molecule has 29 heavy (non-hydrogen) atoms. The van der Waals surface area contributed by atoms with Crippen molar-refractivity contribution in [3.63, 3.8) is 0 Å². The molecule has 0 saturated heterocycles. The minimum absolute atomic E-state index is 0.116. The summed E-state index contributed by atoms with van der Waals surface area (Å²) in [5.74, 6) is 0.151. The van der Waals surface area contributed by atoms with Gasteiger partial charge in [0.1, 0.15) is 12.5 Å². The third-order valence-corrected chi connectivity index (χ3v) is 7.03. The van der Waals surface area contributed by atoms with Gasteiger partial charge in [-0.2, -0.15) is 0 Å². The van der Waals surface area contributed by atoms with Crippen LogP contribution in [0.1, 0.15) is 42.7 Å². The van der Waals surface area contributed by atoms with Gasteiger partial charge in [0, 0.05) is 22.3 Å². The van der Waals surface area contributed by atoms with Gasteiger partial charge in [-0.05, 0) is 36.8 Å². The number of carbonyl (C=O) groups excluding carboxylic acids is 1. The SMILES string of the molecule is C=CCOC(=O)C1C(C)=Nc2nc(SCC(C)C)[nH]c(=O)c2C1c1sccc1C. The fraction of sp³-hybridized carbons (Fsp3) is 0.429. The van der Waals surface area contributed by atoms with Crippen LogP contribution in [0.3, 0.4) is 0 Å². The molecule has 6 nitrogen and oxygen atoms in total. The Morgan fingerprint density at radius 2 is 2.21 bits per heavy atom. The fourth-order valence-electron chi connectivity index (χ4n) is 3.30. The molecule has 2 aromatic rings. The van der Waals surface area contributed by atoms with E-state index in [1.165, 1.54) is 29.2 Å². The van der Waals surface area contributed by atoms with Gasteiger partial charge in [0.05, 0.1) is 5.56 Å². The first kappa shape index (κ1) is 21.5. The number of rotatable bonds is 7. The van der Waals surface area contributed by atoms with Crippen LogP contribution in [0.25, 0.3) is 0 Å². The van der Waals surface area contributed by atoms with E-state index >= 15 is 0 Å².